The lowest BCUT2D eigenvalue weighted by molar-refractivity contribution is 0.0515. The average molecular weight is 264 g/mol. The van der Waals surface area contributed by atoms with Crippen molar-refractivity contribution in [3.05, 3.63) is 30.1 Å². The number of likely N-dealkylation sites (tertiary alicyclic amines) is 1. The van der Waals surface area contributed by atoms with Crippen molar-refractivity contribution in [1.29, 1.82) is 0 Å². The molecule has 1 aromatic heterocycles. The van der Waals surface area contributed by atoms with Gasteiger partial charge in [-0.2, -0.15) is 0 Å². The van der Waals surface area contributed by atoms with Gasteiger partial charge in [0.15, 0.2) is 0 Å². The van der Waals surface area contributed by atoms with Crippen LogP contribution in [-0.2, 0) is 9.47 Å². The molecule has 0 radical (unpaired) electrons. The molecule has 1 aliphatic heterocycles. The number of carbonyl (C=O) groups excluding carboxylic acids is 1. The number of nitrogens with zero attached hydrogens (tertiary/aromatic N) is 2. The summed E-state index contributed by atoms with van der Waals surface area (Å²) in [4.78, 5) is 18.2. The van der Waals surface area contributed by atoms with Crippen molar-refractivity contribution in [1.82, 2.24) is 9.88 Å². The summed E-state index contributed by atoms with van der Waals surface area (Å²) in [6, 6.07) is 5.83. The van der Waals surface area contributed by atoms with Crippen molar-refractivity contribution < 1.29 is 14.3 Å². The van der Waals surface area contributed by atoms with Crippen molar-refractivity contribution in [2.75, 3.05) is 26.9 Å². The highest BCUT2D eigenvalue weighted by Gasteiger charge is 2.29. The van der Waals surface area contributed by atoms with E-state index in [2.05, 4.69) is 4.98 Å². The SMILES string of the molecule is COCCOC(=O)N1CCCCC1c1ccccn1. The van der Waals surface area contributed by atoms with Crippen LogP contribution < -0.4 is 0 Å². The normalized spacial score (nSPS) is 19.2. The summed E-state index contributed by atoms with van der Waals surface area (Å²) in [5, 5.41) is 0. The molecule has 1 atom stereocenters. The molecule has 19 heavy (non-hydrogen) atoms. The number of pyridine rings is 1. The first-order chi connectivity index (χ1) is 9.33. The van der Waals surface area contributed by atoms with Gasteiger partial charge in [0.25, 0.3) is 0 Å². The minimum Gasteiger partial charge on any atom is -0.447 e. The van der Waals surface area contributed by atoms with E-state index in [-0.39, 0.29) is 12.1 Å². The average Bonchev–Trinajstić information content (AvgIpc) is 2.48. The van der Waals surface area contributed by atoms with E-state index < -0.39 is 0 Å². The fourth-order valence-electron chi connectivity index (χ4n) is 2.33. The van der Waals surface area contributed by atoms with Gasteiger partial charge in [-0.1, -0.05) is 6.07 Å². The summed E-state index contributed by atoms with van der Waals surface area (Å²) >= 11 is 0. The van der Waals surface area contributed by atoms with E-state index in [1.54, 1.807) is 18.2 Å². The highest BCUT2D eigenvalue weighted by atomic mass is 16.6. The predicted molar refractivity (Wildman–Crippen MR) is 70.8 cm³/mol. The first-order valence-electron chi connectivity index (χ1n) is 6.66. The van der Waals surface area contributed by atoms with Crippen LogP contribution in [0.2, 0.25) is 0 Å². The Hall–Kier alpha value is -1.62. The molecular formula is C14H20N2O3. The summed E-state index contributed by atoms with van der Waals surface area (Å²) in [6.45, 7) is 1.45. The standard InChI is InChI=1S/C14H20N2O3/c1-18-10-11-19-14(17)16-9-5-3-7-13(16)12-6-2-4-8-15-12/h2,4,6,8,13H,3,5,7,9-11H2,1H3. The third-order valence-corrected chi connectivity index (χ3v) is 3.28. The van der Waals surface area contributed by atoms with E-state index in [0.717, 1.165) is 31.5 Å². The van der Waals surface area contributed by atoms with Gasteiger partial charge < -0.3 is 9.47 Å². The van der Waals surface area contributed by atoms with Crippen LogP contribution in [0.5, 0.6) is 0 Å². The number of aromatic nitrogens is 1. The minimum absolute atomic E-state index is 0.0324. The number of methoxy groups -OCH3 is 1. The number of hydrogen-bond donors (Lipinski definition) is 0. The fraction of sp³-hybridized carbons (Fsp3) is 0.571. The third kappa shape index (κ3) is 3.67. The van der Waals surface area contributed by atoms with Gasteiger partial charge in [0.05, 0.1) is 18.3 Å². The van der Waals surface area contributed by atoms with Crippen molar-refractivity contribution in [3.8, 4) is 0 Å². The maximum atomic E-state index is 12.1. The Morgan fingerprint density at radius 1 is 1.42 bits per heavy atom. The smallest absolute Gasteiger partial charge is 0.410 e. The van der Waals surface area contributed by atoms with E-state index in [1.165, 1.54) is 0 Å². The van der Waals surface area contributed by atoms with Crippen molar-refractivity contribution in [3.63, 3.8) is 0 Å². The number of ether oxygens (including phenoxy) is 2. The maximum Gasteiger partial charge on any atom is 0.410 e. The Kier molecular flexibility index (Phi) is 5.15. The van der Waals surface area contributed by atoms with E-state index in [0.29, 0.717) is 13.2 Å². The lowest BCUT2D eigenvalue weighted by Gasteiger charge is -2.34. The first kappa shape index (κ1) is 13.8. The Morgan fingerprint density at radius 2 is 2.32 bits per heavy atom. The molecule has 2 heterocycles. The van der Waals surface area contributed by atoms with Gasteiger partial charge in [0, 0.05) is 19.9 Å². The molecule has 1 unspecified atom stereocenters. The van der Waals surface area contributed by atoms with E-state index in [4.69, 9.17) is 9.47 Å². The Balaban J connectivity index is 2.01. The molecule has 5 heteroatoms. The van der Waals surface area contributed by atoms with Gasteiger partial charge >= 0.3 is 6.09 Å². The van der Waals surface area contributed by atoms with E-state index in [1.807, 2.05) is 18.2 Å². The van der Waals surface area contributed by atoms with Crippen LogP contribution in [0, 0.1) is 0 Å². The zero-order chi connectivity index (χ0) is 13.5. The van der Waals surface area contributed by atoms with E-state index in [9.17, 15) is 4.79 Å². The Bertz CT molecular complexity index is 397. The van der Waals surface area contributed by atoms with Gasteiger partial charge in [-0.15, -0.1) is 0 Å². The molecule has 0 spiro atoms. The lowest BCUT2D eigenvalue weighted by atomic mass is 9.99. The van der Waals surface area contributed by atoms with Crippen LogP contribution in [0.4, 0.5) is 4.79 Å². The molecule has 0 saturated carbocycles. The summed E-state index contributed by atoms with van der Waals surface area (Å²) in [5.41, 5.74) is 0.936. The van der Waals surface area contributed by atoms with Crippen molar-refractivity contribution in [2.45, 2.75) is 25.3 Å². The zero-order valence-electron chi connectivity index (χ0n) is 11.2. The highest BCUT2D eigenvalue weighted by Crippen LogP contribution is 2.29. The molecule has 1 amide bonds. The minimum atomic E-state index is -0.271. The number of piperidine rings is 1. The van der Waals surface area contributed by atoms with Crippen LogP contribution in [0.25, 0.3) is 0 Å². The highest BCUT2D eigenvalue weighted by molar-refractivity contribution is 5.68. The third-order valence-electron chi connectivity index (χ3n) is 3.28. The molecule has 0 aromatic carbocycles. The molecule has 1 saturated heterocycles. The second kappa shape index (κ2) is 7.09. The van der Waals surface area contributed by atoms with Gasteiger partial charge in [-0.3, -0.25) is 9.88 Å². The second-order valence-electron chi connectivity index (χ2n) is 4.57. The van der Waals surface area contributed by atoms with Gasteiger partial charge in [0.2, 0.25) is 0 Å². The monoisotopic (exact) mass is 264 g/mol. The zero-order valence-corrected chi connectivity index (χ0v) is 11.2. The van der Waals surface area contributed by atoms with Crippen LogP contribution in [0.3, 0.4) is 0 Å². The molecule has 1 fully saturated rings. The van der Waals surface area contributed by atoms with Crippen molar-refractivity contribution >= 4 is 6.09 Å². The Labute approximate surface area is 113 Å². The van der Waals surface area contributed by atoms with E-state index >= 15 is 0 Å². The lowest BCUT2D eigenvalue weighted by Crippen LogP contribution is -2.39. The molecular weight excluding hydrogens is 244 g/mol. The number of hydrogen-bond acceptors (Lipinski definition) is 4. The summed E-state index contributed by atoms with van der Waals surface area (Å²) in [6.07, 6.45) is 4.56. The molecule has 2 rings (SSSR count). The maximum absolute atomic E-state index is 12.1. The summed E-state index contributed by atoms with van der Waals surface area (Å²) < 4.78 is 10.1. The molecule has 0 N–H and O–H groups in total. The molecule has 104 valence electrons. The largest absolute Gasteiger partial charge is 0.447 e. The summed E-state index contributed by atoms with van der Waals surface area (Å²) in [7, 11) is 1.59. The fourth-order valence-corrected chi connectivity index (χ4v) is 2.33. The second-order valence-corrected chi connectivity index (χ2v) is 4.57. The van der Waals surface area contributed by atoms with Crippen LogP contribution in [0.15, 0.2) is 24.4 Å². The molecule has 1 aliphatic rings. The topological polar surface area (TPSA) is 51.7 Å². The molecule has 0 bridgehead atoms. The molecule has 5 nitrogen and oxygen atoms in total. The number of amides is 1. The number of rotatable bonds is 4. The first-order valence-corrected chi connectivity index (χ1v) is 6.66. The Morgan fingerprint density at radius 3 is 3.05 bits per heavy atom. The van der Waals surface area contributed by atoms with Crippen LogP contribution in [0.1, 0.15) is 31.0 Å². The quantitative estimate of drug-likeness (QED) is 0.783. The molecule has 1 aromatic rings. The number of carbonyl (C=O) groups is 1. The van der Waals surface area contributed by atoms with Gasteiger partial charge in [0.1, 0.15) is 6.61 Å². The summed E-state index contributed by atoms with van der Waals surface area (Å²) in [5.74, 6) is 0. The predicted octanol–water partition coefficient (Wildman–Crippen LogP) is 2.39. The van der Waals surface area contributed by atoms with Crippen LogP contribution >= 0.6 is 0 Å². The van der Waals surface area contributed by atoms with Crippen molar-refractivity contribution in [2.24, 2.45) is 0 Å². The van der Waals surface area contributed by atoms with Gasteiger partial charge in [-0.05, 0) is 31.4 Å². The van der Waals surface area contributed by atoms with Crippen LogP contribution in [-0.4, -0.2) is 42.8 Å². The van der Waals surface area contributed by atoms with Gasteiger partial charge in [-0.25, -0.2) is 4.79 Å². The molecule has 0 aliphatic carbocycles.